The number of sulfonamides is 1. The number of hydrogen-bond donors (Lipinski definition) is 1. The second-order valence-corrected chi connectivity index (χ2v) is 8.80. The highest BCUT2D eigenvalue weighted by Gasteiger charge is 2.28. The van der Waals surface area contributed by atoms with Gasteiger partial charge in [-0.2, -0.15) is 4.31 Å². The number of benzene rings is 1. The molecular formula is C19H22N4O3S. The number of anilines is 1. The fourth-order valence-corrected chi connectivity index (χ4v) is 5.11. The van der Waals surface area contributed by atoms with Crippen LogP contribution in [0.5, 0.6) is 0 Å². The Kier molecular flexibility index (Phi) is 4.84. The van der Waals surface area contributed by atoms with E-state index < -0.39 is 10.0 Å². The molecule has 0 bridgehead atoms. The lowest BCUT2D eigenvalue weighted by Gasteiger charge is -2.28. The van der Waals surface area contributed by atoms with Crippen molar-refractivity contribution in [1.82, 2.24) is 14.2 Å². The first-order valence-electron chi connectivity index (χ1n) is 9.13. The second-order valence-electron chi connectivity index (χ2n) is 6.86. The Morgan fingerprint density at radius 2 is 1.78 bits per heavy atom. The minimum Gasteiger partial charge on any atom is -0.320 e. The predicted molar refractivity (Wildman–Crippen MR) is 102 cm³/mol. The van der Waals surface area contributed by atoms with Crippen LogP contribution in [0.3, 0.4) is 0 Å². The summed E-state index contributed by atoms with van der Waals surface area (Å²) in [6.07, 6.45) is 3.99. The molecule has 7 nitrogen and oxygen atoms in total. The fourth-order valence-electron chi connectivity index (χ4n) is 3.58. The zero-order chi connectivity index (χ0) is 18.9. The fraction of sp³-hybridized carbons (Fsp3) is 0.368. The van der Waals surface area contributed by atoms with Crippen molar-refractivity contribution < 1.29 is 13.2 Å². The Hall–Kier alpha value is -2.45. The summed E-state index contributed by atoms with van der Waals surface area (Å²) >= 11 is 0. The summed E-state index contributed by atoms with van der Waals surface area (Å²) in [5, 5.41) is 2.74. The molecule has 0 radical (unpaired) electrons. The van der Waals surface area contributed by atoms with Gasteiger partial charge in [0.1, 0.15) is 5.82 Å². The zero-order valence-electron chi connectivity index (χ0n) is 15.0. The van der Waals surface area contributed by atoms with Gasteiger partial charge in [-0.15, -0.1) is 0 Å². The first-order valence-corrected chi connectivity index (χ1v) is 10.6. The molecule has 1 aromatic heterocycles. The number of amides is 2. The number of nitrogens with zero attached hydrogens (tertiary/aromatic N) is 3. The summed E-state index contributed by atoms with van der Waals surface area (Å²) in [5.41, 5.74) is 2.40. The molecule has 0 spiro atoms. The van der Waals surface area contributed by atoms with E-state index in [1.54, 1.807) is 4.90 Å². The summed E-state index contributed by atoms with van der Waals surface area (Å²) in [7, 11) is -3.53. The van der Waals surface area contributed by atoms with E-state index in [2.05, 4.69) is 16.4 Å². The van der Waals surface area contributed by atoms with Crippen molar-refractivity contribution in [2.24, 2.45) is 0 Å². The van der Waals surface area contributed by atoms with Crippen molar-refractivity contribution in [3.63, 3.8) is 0 Å². The Balaban J connectivity index is 1.48. The van der Waals surface area contributed by atoms with Gasteiger partial charge >= 0.3 is 6.03 Å². The van der Waals surface area contributed by atoms with E-state index in [1.165, 1.54) is 28.2 Å². The zero-order valence-corrected chi connectivity index (χ0v) is 15.8. The smallest absolute Gasteiger partial charge is 0.320 e. The second kappa shape index (κ2) is 7.28. The van der Waals surface area contributed by atoms with Crippen LogP contribution in [0.25, 0.3) is 0 Å². The molecule has 1 fully saturated rings. The summed E-state index contributed by atoms with van der Waals surface area (Å²) in [5.74, 6) is 0.249. The van der Waals surface area contributed by atoms with Crippen LogP contribution in [0.2, 0.25) is 0 Å². The molecule has 2 amide bonds. The van der Waals surface area contributed by atoms with E-state index in [1.807, 2.05) is 18.2 Å². The lowest BCUT2D eigenvalue weighted by molar-refractivity contribution is 0.206. The third kappa shape index (κ3) is 3.68. The Labute approximate surface area is 159 Å². The molecule has 0 aliphatic carbocycles. The third-order valence-electron chi connectivity index (χ3n) is 5.09. The third-order valence-corrected chi connectivity index (χ3v) is 6.98. The van der Waals surface area contributed by atoms with Crippen LogP contribution in [-0.4, -0.2) is 48.3 Å². The van der Waals surface area contributed by atoms with Crippen LogP contribution in [0, 0.1) is 0 Å². The monoisotopic (exact) mass is 386 g/mol. The van der Waals surface area contributed by atoms with Gasteiger partial charge in [0.2, 0.25) is 10.0 Å². The summed E-state index contributed by atoms with van der Waals surface area (Å²) in [6, 6.07) is 10.7. The molecule has 8 heteroatoms. The van der Waals surface area contributed by atoms with Crippen molar-refractivity contribution in [3.8, 4) is 0 Å². The molecule has 4 rings (SSSR count). The average molecular weight is 386 g/mol. The number of rotatable bonds is 3. The van der Waals surface area contributed by atoms with Crippen molar-refractivity contribution in [2.75, 3.05) is 25.0 Å². The van der Waals surface area contributed by atoms with E-state index in [9.17, 15) is 13.2 Å². The highest BCUT2D eigenvalue weighted by molar-refractivity contribution is 7.89. The first-order chi connectivity index (χ1) is 13.0. The van der Waals surface area contributed by atoms with Crippen LogP contribution < -0.4 is 5.32 Å². The maximum atomic E-state index is 12.7. The molecule has 1 N–H and O–H groups in total. The molecule has 2 aromatic rings. The Bertz CT molecular complexity index is 955. The molecule has 3 heterocycles. The van der Waals surface area contributed by atoms with E-state index in [0.717, 1.165) is 24.8 Å². The van der Waals surface area contributed by atoms with Gasteiger partial charge in [0.25, 0.3) is 0 Å². The van der Waals surface area contributed by atoms with Gasteiger partial charge in [-0.05, 0) is 36.5 Å². The summed E-state index contributed by atoms with van der Waals surface area (Å²) in [6.45, 7) is 2.24. The van der Waals surface area contributed by atoms with Crippen LogP contribution in [0.4, 0.5) is 10.6 Å². The average Bonchev–Trinajstić information content (AvgIpc) is 3.23. The number of nitrogens with one attached hydrogen (secondary N) is 1. The molecule has 2 aliphatic heterocycles. The highest BCUT2D eigenvalue weighted by Crippen LogP contribution is 2.23. The van der Waals surface area contributed by atoms with Crippen molar-refractivity contribution in [3.05, 3.63) is 53.7 Å². The molecule has 2 aliphatic rings. The number of carbonyl (C=O) groups is 1. The number of pyridine rings is 1. The van der Waals surface area contributed by atoms with Crippen LogP contribution in [-0.2, 0) is 23.0 Å². The van der Waals surface area contributed by atoms with Crippen molar-refractivity contribution in [2.45, 2.75) is 30.7 Å². The van der Waals surface area contributed by atoms with Crippen LogP contribution in [0.15, 0.2) is 47.5 Å². The van der Waals surface area contributed by atoms with E-state index in [0.29, 0.717) is 26.2 Å². The largest absolute Gasteiger partial charge is 0.323 e. The van der Waals surface area contributed by atoms with Crippen LogP contribution in [0.1, 0.15) is 24.0 Å². The number of carbonyl (C=O) groups excluding carboxylic acids is 1. The number of urea groups is 1. The van der Waals surface area contributed by atoms with E-state index >= 15 is 0 Å². The first kappa shape index (κ1) is 17.9. The lowest BCUT2D eigenvalue weighted by atomic mass is 10.0. The molecule has 0 saturated carbocycles. The molecule has 0 unspecified atom stereocenters. The quantitative estimate of drug-likeness (QED) is 0.878. The van der Waals surface area contributed by atoms with Gasteiger partial charge in [0, 0.05) is 38.4 Å². The summed E-state index contributed by atoms with van der Waals surface area (Å²) < 4.78 is 26.9. The minimum atomic E-state index is -3.53. The number of aromatic nitrogens is 1. The Morgan fingerprint density at radius 3 is 2.56 bits per heavy atom. The van der Waals surface area contributed by atoms with Gasteiger partial charge in [-0.1, -0.05) is 24.3 Å². The van der Waals surface area contributed by atoms with Gasteiger partial charge in [-0.25, -0.2) is 18.2 Å². The van der Waals surface area contributed by atoms with Gasteiger partial charge < -0.3 is 4.90 Å². The molecule has 1 aromatic carbocycles. The van der Waals surface area contributed by atoms with Crippen molar-refractivity contribution >= 4 is 21.9 Å². The Morgan fingerprint density at radius 1 is 1.04 bits per heavy atom. The lowest BCUT2D eigenvalue weighted by Crippen LogP contribution is -2.39. The number of hydrogen-bond acceptors (Lipinski definition) is 4. The van der Waals surface area contributed by atoms with E-state index in [4.69, 9.17) is 0 Å². The summed E-state index contributed by atoms with van der Waals surface area (Å²) in [4.78, 5) is 18.6. The topological polar surface area (TPSA) is 82.6 Å². The molecule has 142 valence electrons. The van der Waals surface area contributed by atoms with Gasteiger partial charge in [-0.3, -0.25) is 5.32 Å². The molecule has 1 saturated heterocycles. The SMILES string of the molecule is O=C(Nc1cc(S(=O)(=O)N2CCCC2)ccn1)N1CCc2ccccc2C1. The molecule has 0 atom stereocenters. The van der Waals surface area contributed by atoms with E-state index in [-0.39, 0.29) is 16.7 Å². The minimum absolute atomic E-state index is 0.165. The van der Waals surface area contributed by atoms with Gasteiger partial charge in [0.05, 0.1) is 4.90 Å². The highest BCUT2D eigenvalue weighted by atomic mass is 32.2. The predicted octanol–water partition coefficient (Wildman–Crippen LogP) is 2.46. The molecule has 27 heavy (non-hydrogen) atoms. The maximum absolute atomic E-state index is 12.7. The van der Waals surface area contributed by atoms with Crippen LogP contribution >= 0.6 is 0 Å². The van der Waals surface area contributed by atoms with Gasteiger partial charge in [0.15, 0.2) is 0 Å². The number of fused-ring (bicyclic) bond motifs is 1. The standard InChI is InChI=1S/C19H22N4O3S/c24-19(22-12-8-15-5-1-2-6-16(15)14-22)21-18-13-17(7-9-20-18)27(25,26)23-10-3-4-11-23/h1-2,5-7,9,13H,3-4,8,10-12,14H2,(H,20,21,24). The van der Waals surface area contributed by atoms with Crippen molar-refractivity contribution in [1.29, 1.82) is 0 Å². The maximum Gasteiger partial charge on any atom is 0.323 e. The normalized spacial score (nSPS) is 17.6. The molecular weight excluding hydrogens is 364 g/mol.